The smallest absolute Gasteiger partial charge is 0.0733 e. The van der Waals surface area contributed by atoms with E-state index in [9.17, 15) is 0 Å². The lowest BCUT2D eigenvalue weighted by molar-refractivity contribution is 0.381. The number of rotatable bonds is 12. The number of pyridine rings is 1. The van der Waals surface area contributed by atoms with E-state index in [0.29, 0.717) is 0 Å². The number of fused-ring (bicyclic) bond motifs is 1. The SMILES string of the molecule is C=CC1(CCCNC)CCN(c2cc(-c3ccc(CCCNC)cc3)nc3cc(CC)ccc23)C1. The third-order valence-electron chi connectivity index (χ3n) is 7.66. The highest BCUT2D eigenvalue weighted by Gasteiger charge is 2.35. The van der Waals surface area contributed by atoms with Crippen molar-refractivity contribution in [3.63, 3.8) is 0 Å². The normalized spacial score (nSPS) is 17.9. The average molecular weight is 471 g/mol. The molecule has 0 amide bonds. The van der Waals surface area contributed by atoms with Gasteiger partial charge in [-0.15, -0.1) is 6.58 Å². The Morgan fingerprint density at radius 1 is 1.00 bits per heavy atom. The molecule has 0 radical (unpaired) electrons. The largest absolute Gasteiger partial charge is 0.370 e. The summed E-state index contributed by atoms with van der Waals surface area (Å²) in [5, 5.41) is 7.78. The van der Waals surface area contributed by atoms with Crippen molar-refractivity contribution in [2.75, 3.05) is 45.2 Å². The molecule has 1 saturated heterocycles. The van der Waals surface area contributed by atoms with E-state index in [0.717, 1.165) is 63.1 Å². The maximum absolute atomic E-state index is 5.14. The van der Waals surface area contributed by atoms with Crippen LogP contribution in [0.25, 0.3) is 22.2 Å². The molecule has 186 valence electrons. The molecule has 0 saturated carbocycles. The second-order valence-corrected chi connectivity index (χ2v) is 10.1. The maximum atomic E-state index is 5.14. The van der Waals surface area contributed by atoms with Gasteiger partial charge in [-0.2, -0.15) is 0 Å². The first-order valence-electron chi connectivity index (χ1n) is 13.3. The molecule has 1 aliphatic rings. The van der Waals surface area contributed by atoms with Crippen molar-refractivity contribution in [2.45, 2.75) is 45.4 Å². The highest BCUT2D eigenvalue weighted by Crippen LogP contribution is 2.41. The Morgan fingerprint density at radius 3 is 2.46 bits per heavy atom. The van der Waals surface area contributed by atoms with Gasteiger partial charge in [0.25, 0.3) is 0 Å². The highest BCUT2D eigenvalue weighted by atomic mass is 15.2. The third kappa shape index (κ3) is 5.94. The molecule has 2 heterocycles. The Morgan fingerprint density at radius 2 is 1.74 bits per heavy atom. The molecule has 1 fully saturated rings. The van der Waals surface area contributed by atoms with Crippen molar-refractivity contribution >= 4 is 16.6 Å². The molecule has 4 rings (SSSR count). The summed E-state index contributed by atoms with van der Waals surface area (Å²) in [6.07, 6.45) is 9.01. The van der Waals surface area contributed by atoms with E-state index in [2.05, 4.69) is 83.6 Å². The number of hydrogen-bond acceptors (Lipinski definition) is 4. The molecule has 2 aromatic carbocycles. The first-order chi connectivity index (χ1) is 17.1. The van der Waals surface area contributed by atoms with E-state index >= 15 is 0 Å². The molecule has 3 aromatic rings. The first-order valence-corrected chi connectivity index (χ1v) is 13.3. The predicted octanol–water partition coefficient (Wildman–Crippen LogP) is 6.00. The van der Waals surface area contributed by atoms with E-state index < -0.39 is 0 Å². The summed E-state index contributed by atoms with van der Waals surface area (Å²) >= 11 is 0. The first kappa shape index (κ1) is 25.4. The van der Waals surface area contributed by atoms with Crippen molar-refractivity contribution < 1.29 is 0 Å². The van der Waals surface area contributed by atoms with Crippen molar-refractivity contribution in [3.05, 3.63) is 72.3 Å². The van der Waals surface area contributed by atoms with Gasteiger partial charge in [-0.1, -0.05) is 49.4 Å². The lowest BCUT2D eigenvalue weighted by atomic mass is 9.82. The molecular formula is C31H42N4. The molecule has 1 atom stereocenters. The van der Waals surface area contributed by atoms with Crippen LogP contribution >= 0.6 is 0 Å². The van der Waals surface area contributed by atoms with Gasteiger partial charge in [-0.05, 0) is 89.0 Å². The van der Waals surface area contributed by atoms with Crippen LogP contribution < -0.4 is 15.5 Å². The maximum Gasteiger partial charge on any atom is 0.0733 e. The fourth-order valence-corrected chi connectivity index (χ4v) is 5.39. The van der Waals surface area contributed by atoms with Crippen LogP contribution in [-0.2, 0) is 12.8 Å². The number of hydrogen-bond donors (Lipinski definition) is 2. The van der Waals surface area contributed by atoms with Crippen LogP contribution in [0.5, 0.6) is 0 Å². The summed E-state index contributed by atoms with van der Waals surface area (Å²) in [5.41, 5.74) is 7.57. The predicted molar refractivity (Wildman–Crippen MR) is 151 cm³/mol. The number of nitrogens with one attached hydrogen (secondary N) is 2. The number of aryl methyl sites for hydroxylation is 2. The van der Waals surface area contributed by atoms with Gasteiger partial charge >= 0.3 is 0 Å². The minimum absolute atomic E-state index is 0.185. The Kier molecular flexibility index (Phi) is 8.59. The molecular weight excluding hydrogens is 428 g/mol. The second kappa shape index (κ2) is 11.8. The fraction of sp³-hybridized carbons (Fsp3) is 0.452. The fourth-order valence-electron chi connectivity index (χ4n) is 5.39. The minimum atomic E-state index is 0.185. The Balaban J connectivity index is 1.67. The van der Waals surface area contributed by atoms with E-state index in [4.69, 9.17) is 4.98 Å². The van der Waals surface area contributed by atoms with Crippen molar-refractivity contribution in [2.24, 2.45) is 5.41 Å². The van der Waals surface area contributed by atoms with Gasteiger partial charge in [0, 0.05) is 35.1 Å². The van der Waals surface area contributed by atoms with Crippen LogP contribution in [0.4, 0.5) is 5.69 Å². The van der Waals surface area contributed by atoms with Gasteiger partial charge < -0.3 is 15.5 Å². The summed E-state index contributed by atoms with van der Waals surface area (Å²) in [4.78, 5) is 7.72. The molecule has 1 aromatic heterocycles. The molecule has 35 heavy (non-hydrogen) atoms. The van der Waals surface area contributed by atoms with E-state index in [1.807, 2.05) is 14.1 Å². The van der Waals surface area contributed by atoms with Crippen LogP contribution in [-0.4, -0.2) is 45.3 Å². The van der Waals surface area contributed by atoms with Crippen molar-refractivity contribution in [1.82, 2.24) is 15.6 Å². The summed E-state index contributed by atoms with van der Waals surface area (Å²) in [7, 11) is 4.05. The molecule has 2 N–H and O–H groups in total. The monoisotopic (exact) mass is 470 g/mol. The third-order valence-corrected chi connectivity index (χ3v) is 7.66. The Bertz CT molecular complexity index is 1120. The summed E-state index contributed by atoms with van der Waals surface area (Å²) in [5.74, 6) is 0. The summed E-state index contributed by atoms with van der Waals surface area (Å²) in [6.45, 7) is 10.6. The van der Waals surface area contributed by atoms with Gasteiger partial charge in [-0.3, -0.25) is 0 Å². The van der Waals surface area contributed by atoms with Crippen LogP contribution in [0, 0.1) is 5.41 Å². The molecule has 0 aliphatic carbocycles. The lowest BCUT2D eigenvalue weighted by Crippen LogP contribution is -2.26. The van der Waals surface area contributed by atoms with Crippen LogP contribution in [0.15, 0.2) is 61.2 Å². The van der Waals surface area contributed by atoms with Gasteiger partial charge in [0.2, 0.25) is 0 Å². The van der Waals surface area contributed by atoms with E-state index in [1.165, 1.54) is 40.6 Å². The number of nitrogens with zero attached hydrogens (tertiary/aromatic N) is 2. The average Bonchev–Trinajstić information content (AvgIpc) is 3.33. The molecule has 0 spiro atoms. The zero-order chi connectivity index (χ0) is 24.7. The van der Waals surface area contributed by atoms with Crippen molar-refractivity contribution in [1.29, 1.82) is 0 Å². The van der Waals surface area contributed by atoms with Gasteiger partial charge in [0.15, 0.2) is 0 Å². The van der Waals surface area contributed by atoms with Crippen LogP contribution in [0.2, 0.25) is 0 Å². The Hall–Kier alpha value is -2.69. The molecule has 1 aliphatic heterocycles. The van der Waals surface area contributed by atoms with Crippen LogP contribution in [0.1, 0.15) is 43.7 Å². The quantitative estimate of drug-likeness (QED) is 0.252. The number of anilines is 1. The molecule has 1 unspecified atom stereocenters. The number of benzene rings is 2. The zero-order valence-corrected chi connectivity index (χ0v) is 21.9. The van der Waals surface area contributed by atoms with Gasteiger partial charge in [-0.25, -0.2) is 4.98 Å². The molecule has 0 bridgehead atoms. The summed E-state index contributed by atoms with van der Waals surface area (Å²) in [6, 6.07) is 18.1. The van der Waals surface area contributed by atoms with Gasteiger partial charge in [0.1, 0.15) is 0 Å². The van der Waals surface area contributed by atoms with E-state index in [-0.39, 0.29) is 5.41 Å². The standard InChI is InChI=1S/C31H42N4/c1-5-24-12-15-27-29(21-24)34-28(26-13-10-25(11-14-26)9-7-18-32-3)22-30(27)35-20-17-31(6-2,23-35)16-8-19-33-4/h6,10-15,21-22,32-33H,2,5,7-9,16-20,23H2,1,3-4H3. The molecule has 4 nitrogen and oxygen atoms in total. The lowest BCUT2D eigenvalue weighted by Gasteiger charge is -2.27. The topological polar surface area (TPSA) is 40.2 Å². The minimum Gasteiger partial charge on any atom is -0.370 e. The number of aromatic nitrogens is 1. The summed E-state index contributed by atoms with van der Waals surface area (Å²) < 4.78 is 0. The molecule has 4 heteroatoms. The Labute approximate surface area is 211 Å². The van der Waals surface area contributed by atoms with E-state index in [1.54, 1.807) is 0 Å². The van der Waals surface area contributed by atoms with Crippen molar-refractivity contribution in [3.8, 4) is 11.3 Å². The highest BCUT2D eigenvalue weighted by molar-refractivity contribution is 5.95. The van der Waals surface area contributed by atoms with Crippen LogP contribution in [0.3, 0.4) is 0 Å². The second-order valence-electron chi connectivity index (χ2n) is 10.1. The van der Waals surface area contributed by atoms with Gasteiger partial charge in [0.05, 0.1) is 11.2 Å². The zero-order valence-electron chi connectivity index (χ0n) is 21.9.